The quantitative estimate of drug-likeness (QED) is 0.340. The van der Waals surface area contributed by atoms with Gasteiger partial charge in [0.2, 0.25) is 10.0 Å². The number of piperazine rings is 1. The normalized spacial score (nSPS) is 15.4. The molecule has 0 N–H and O–H groups in total. The van der Waals surface area contributed by atoms with Gasteiger partial charge in [-0.15, -0.1) is 0 Å². The van der Waals surface area contributed by atoms with E-state index in [9.17, 15) is 12.8 Å². The van der Waals surface area contributed by atoms with E-state index in [-0.39, 0.29) is 11.7 Å². The lowest BCUT2D eigenvalue weighted by Gasteiger charge is -2.35. The molecule has 0 amide bonds. The monoisotopic (exact) mass is 532 g/mol. The smallest absolute Gasteiger partial charge is 0.243 e. The Balaban J connectivity index is 1.37. The van der Waals surface area contributed by atoms with Crippen LogP contribution in [0.25, 0.3) is 0 Å². The summed E-state index contributed by atoms with van der Waals surface area (Å²) in [6.07, 6.45) is 6.09. The Morgan fingerprint density at radius 2 is 1.66 bits per heavy atom. The number of halogens is 1. The van der Waals surface area contributed by atoms with Crippen LogP contribution in [0.4, 0.5) is 10.2 Å². The SMILES string of the molecule is C[C@H](Cc1nc(Cc2cnccn2)cc(N2CCN(S(=O)(=O)c3ccccc3)CC2)n1)c1ccc(F)cc1. The van der Waals surface area contributed by atoms with E-state index in [1.165, 1.54) is 16.4 Å². The molecule has 0 unspecified atom stereocenters. The molecule has 1 aliphatic rings. The van der Waals surface area contributed by atoms with Crippen molar-refractivity contribution >= 4 is 15.8 Å². The molecule has 5 rings (SSSR count). The molecule has 2 aromatic heterocycles. The van der Waals surface area contributed by atoms with Gasteiger partial charge in [-0.25, -0.2) is 22.8 Å². The summed E-state index contributed by atoms with van der Waals surface area (Å²) in [4.78, 5) is 20.6. The van der Waals surface area contributed by atoms with Crippen molar-refractivity contribution in [2.45, 2.75) is 30.6 Å². The maximum absolute atomic E-state index is 13.4. The first-order valence-electron chi connectivity index (χ1n) is 12.6. The highest BCUT2D eigenvalue weighted by Crippen LogP contribution is 2.24. The third-order valence-corrected chi connectivity index (χ3v) is 8.58. The molecule has 2 aromatic carbocycles. The van der Waals surface area contributed by atoms with Crippen molar-refractivity contribution in [3.05, 3.63) is 108 Å². The first-order chi connectivity index (χ1) is 18.4. The number of hydrogen-bond acceptors (Lipinski definition) is 7. The zero-order valence-corrected chi connectivity index (χ0v) is 21.9. The summed E-state index contributed by atoms with van der Waals surface area (Å²) in [5.41, 5.74) is 2.63. The van der Waals surface area contributed by atoms with Crippen LogP contribution >= 0.6 is 0 Å². The van der Waals surface area contributed by atoms with Crippen molar-refractivity contribution < 1.29 is 12.8 Å². The molecule has 38 heavy (non-hydrogen) atoms. The molecule has 0 saturated carbocycles. The summed E-state index contributed by atoms with van der Waals surface area (Å²) in [5, 5.41) is 0. The largest absolute Gasteiger partial charge is 0.354 e. The fourth-order valence-electron chi connectivity index (χ4n) is 4.57. The molecule has 196 valence electrons. The maximum Gasteiger partial charge on any atom is 0.243 e. The predicted octanol–water partition coefficient (Wildman–Crippen LogP) is 3.85. The van der Waals surface area contributed by atoms with Gasteiger partial charge in [0, 0.05) is 63.7 Å². The van der Waals surface area contributed by atoms with Crippen molar-refractivity contribution in [2.75, 3.05) is 31.1 Å². The van der Waals surface area contributed by atoms with Crippen LogP contribution in [0, 0.1) is 5.82 Å². The van der Waals surface area contributed by atoms with Crippen LogP contribution in [0.1, 0.15) is 35.6 Å². The minimum Gasteiger partial charge on any atom is -0.354 e. The van der Waals surface area contributed by atoms with Crippen molar-refractivity contribution in [3.63, 3.8) is 0 Å². The minimum atomic E-state index is -3.54. The Kier molecular flexibility index (Phi) is 7.71. The van der Waals surface area contributed by atoms with Gasteiger partial charge in [-0.3, -0.25) is 9.97 Å². The van der Waals surface area contributed by atoms with E-state index in [1.807, 2.05) is 6.07 Å². The second kappa shape index (κ2) is 11.3. The van der Waals surface area contributed by atoms with E-state index in [0.29, 0.717) is 49.7 Å². The number of nitrogens with zero attached hydrogens (tertiary/aromatic N) is 6. The predicted molar refractivity (Wildman–Crippen MR) is 143 cm³/mol. The van der Waals surface area contributed by atoms with Crippen molar-refractivity contribution in [3.8, 4) is 0 Å². The molecule has 0 radical (unpaired) electrons. The van der Waals surface area contributed by atoms with Crippen molar-refractivity contribution in [1.82, 2.24) is 24.2 Å². The maximum atomic E-state index is 13.4. The Morgan fingerprint density at radius 3 is 2.34 bits per heavy atom. The van der Waals surface area contributed by atoms with Gasteiger partial charge in [0.1, 0.15) is 17.5 Å². The van der Waals surface area contributed by atoms with Crippen molar-refractivity contribution in [1.29, 1.82) is 0 Å². The van der Waals surface area contributed by atoms with Gasteiger partial charge in [0.25, 0.3) is 0 Å². The van der Waals surface area contributed by atoms with Crippen molar-refractivity contribution in [2.24, 2.45) is 0 Å². The summed E-state index contributed by atoms with van der Waals surface area (Å²) in [5.74, 6) is 1.26. The van der Waals surface area contributed by atoms with Crippen LogP contribution in [-0.4, -0.2) is 58.8 Å². The summed E-state index contributed by atoms with van der Waals surface area (Å²) in [7, 11) is -3.54. The number of rotatable bonds is 8. The third kappa shape index (κ3) is 6.03. The second-order valence-corrected chi connectivity index (χ2v) is 11.3. The lowest BCUT2D eigenvalue weighted by atomic mass is 9.97. The number of benzene rings is 2. The summed E-state index contributed by atoms with van der Waals surface area (Å²) in [6, 6.07) is 17.0. The topological polar surface area (TPSA) is 92.2 Å². The standard InChI is InChI=1S/C28H29FN6O2S/c1-21(22-7-9-23(29)10-8-22)17-27-32-24(18-25-20-30-11-12-31-25)19-28(33-27)34-13-15-35(16-14-34)38(36,37)26-5-3-2-4-6-26/h2-12,19-21H,13-18H2,1H3/t21-/m1/s1. The van der Waals surface area contributed by atoms with E-state index in [1.54, 1.807) is 61.1 Å². The molecule has 0 spiro atoms. The number of anilines is 1. The van der Waals surface area contributed by atoms with Crippen LogP contribution in [0.15, 0.2) is 84.1 Å². The Labute approximate surface area is 222 Å². The van der Waals surface area contributed by atoms with Gasteiger partial charge in [-0.2, -0.15) is 4.31 Å². The Hall–Kier alpha value is -3.76. The van der Waals surface area contributed by atoms with Crippen LogP contribution in [0.5, 0.6) is 0 Å². The Morgan fingerprint density at radius 1 is 0.921 bits per heavy atom. The molecule has 1 fully saturated rings. The van der Waals surface area contributed by atoms with Gasteiger partial charge in [0.05, 0.1) is 16.3 Å². The average Bonchev–Trinajstić information content (AvgIpc) is 2.94. The highest BCUT2D eigenvalue weighted by molar-refractivity contribution is 7.89. The molecular weight excluding hydrogens is 503 g/mol. The lowest BCUT2D eigenvalue weighted by Crippen LogP contribution is -2.49. The first kappa shape index (κ1) is 25.9. The third-order valence-electron chi connectivity index (χ3n) is 6.66. The fourth-order valence-corrected chi connectivity index (χ4v) is 6.01. The molecule has 4 aromatic rings. The Bertz CT molecular complexity index is 1460. The van der Waals surface area contributed by atoms with E-state index < -0.39 is 10.0 Å². The van der Waals surface area contributed by atoms with Crippen LogP contribution in [-0.2, 0) is 22.9 Å². The summed E-state index contributed by atoms with van der Waals surface area (Å²) in [6.45, 7) is 3.82. The van der Waals surface area contributed by atoms with E-state index in [4.69, 9.17) is 9.97 Å². The number of sulfonamides is 1. The highest BCUT2D eigenvalue weighted by Gasteiger charge is 2.29. The van der Waals surface area contributed by atoms with Gasteiger partial charge in [0.15, 0.2) is 0 Å². The lowest BCUT2D eigenvalue weighted by molar-refractivity contribution is 0.383. The molecule has 1 aliphatic heterocycles. The van der Waals surface area contributed by atoms with Crippen LogP contribution < -0.4 is 4.90 Å². The first-order valence-corrected chi connectivity index (χ1v) is 14.0. The molecule has 8 nitrogen and oxygen atoms in total. The van der Waals surface area contributed by atoms with E-state index in [0.717, 1.165) is 22.8 Å². The number of aromatic nitrogens is 4. The number of hydrogen-bond donors (Lipinski definition) is 0. The second-order valence-electron chi connectivity index (χ2n) is 9.37. The van der Waals surface area contributed by atoms with E-state index >= 15 is 0 Å². The summed E-state index contributed by atoms with van der Waals surface area (Å²) < 4.78 is 41.1. The molecule has 1 saturated heterocycles. The minimum absolute atomic E-state index is 0.0862. The molecule has 3 heterocycles. The van der Waals surface area contributed by atoms with Gasteiger partial charge in [-0.1, -0.05) is 37.3 Å². The highest BCUT2D eigenvalue weighted by atomic mass is 32.2. The molecule has 1 atom stereocenters. The average molecular weight is 533 g/mol. The van der Waals surface area contributed by atoms with Crippen LogP contribution in [0.3, 0.4) is 0 Å². The molecule has 10 heteroatoms. The van der Waals surface area contributed by atoms with Gasteiger partial charge < -0.3 is 4.90 Å². The van der Waals surface area contributed by atoms with Gasteiger partial charge in [-0.05, 0) is 35.7 Å². The fraction of sp³-hybridized carbons (Fsp3) is 0.286. The molecular formula is C28H29FN6O2S. The molecule has 0 aliphatic carbocycles. The van der Waals surface area contributed by atoms with Gasteiger partial charge >= 0.3 is 0 Å². The molecule has 0 bridgehead atoms. The van der Waals surface area contributed by atoms with E-state index in [2.05, 4.69) is 21.8 Å². The summed E-state index contributed by atoms with van der Waals surface area (Å²) >= 11 is 0. The zero-order valence-electron chi connectivity index (χ0n) is 21.1. The van der Waals surface area contributed by atoms with Crippen LogP contribution in [0.2, 0.25) is 0 Å². The zero-order chi connectivity index (χ0) is 26.5.